The van der Waals surface area contributed by atoms with Crippen LogP contribution in [-0.4, -0.2) is 53.8 Å². The summed E-state index contributed by atoms with van der Waals surface area (Å²) in [5.74, 6) is -0.835. The summed E-state index contributed by atoms with van der Waals surface area (Å²) >= 11 is 0. The van der Waals surface area contributed by atoms with Gasteiger partial charge in [-0.2, -0.15) is 0 Å². The van der Waals surface area contributed by atoms with E-state index in [-0.39, 0.29) is 30.0 Å². The Morgan fingerprint density at radius 2 is 1.96 bits per heavy atom. The number of hydrogen-bond acceptors (Lipinski definition) is 3. The number of urea groups is 1. The van der Waals surface area contributed by atoms with E-state index in [0.717, 1.165) is 44.6 Å². The molecule has 6 nitrogen and oxygen atoms in total. The molecule has 27 heavy (non-hydrogen) atoms. The first kappa shape index (κ1) is 19.7. The molecule has 0 aromatic heterocycles. The van der Waals surface area contributed by atoms with E-state index in [1.165, 1.54) is 0 Å². The molecule has 148 valence electrons. The third kappa shape index (κ3) is 4.80. The van der Waals surface area contributed by atoms with Crippen LogP contribution in [0.5, 0.6) is 0 Å². The van der Waals surface area contributed by atoms with Crippen LogP contribution in [0.2, 0.25) is 0 Å². The minimum atomic E-state index is -0.835. The fourth-order valence-corrected chi connectivity index (χ4v) is 4.48. The lowest BCUT2D eigenvalue weighted by molar-refractivity contribution is -0.137. The van der Waals surface area contributed by atoms with Gasteiger partial charge in [0.05, 0.1) is 0 Å². The quantitative estimate of drug-likeness (QED) is 0.802. The van der Waals surface area contributed by atoms with E-state index in [2.05, 4.69) is 12.2 Å². The van der Waals surface area contributed by atoms with Crippen LogP contribution in [0.15, 0.2) is 30.3 Å². The standard InChI is InChI=1S/C21H30N2O4/c1-16-21(10-13-27-14-11-21)9-12-23(16)20(26)22-18(7-8-19(24)25)15-17-5-3-2-4-6-17/h2-6,16,18H,7-15H2,1H3,(H,22,26)(H,24,25). The first-order valence-corrected chi connectivity index (χ1v) is 9.91. The number of nitrogens with zero attached hydrogens (tertiary/aromatic N) is 1. The topological polar surface area (TPSA) is 78.9 Å². The van der Waals surface area contributed by atoms with Gasteiger partial charge in [0.25, 0.3) is 0 Å². The van der Waals surface area contributed by atoms with E-state index in [9.17, 15) is 9.59 Å². The molecule has 0 radical (unpaired) electrons. The molecular weight excluding hydrogens is 344 g/mol. The molecule has 6 heteroatoms. The van der Waals surface area contributed by atoms with Gasteiger partial charge in [0, 0.05) is 38.3 Å². The average Bonchev–Trinajstić information content (AvgIpc) is 2.97. The van der Waals surface area contributed by atoms with Crippen LogP contribution in [0, 0.1) is 5.41 Å². The maximum Gasteiger partial charge on any atom is 0.317 e. The normalized spacial score (nSPS) is 22.6. The predicted molar refractivity (Wildman–Crippen MR) is 103 cm³/mol. The molecule has 0 aliphatic carbocycles. The van der Waals surface area contributed by atoms with Gasteiger partial charge < -0.3 is 20.1 Å². The third-order valence-electron chi connectivity index (χ3n) is 6.31. The Labute approximate surface area is 160 Å². The molecule has 2 aliphatic heterocycles. The summed E-state index contributed by atoms with van der Waals surface area (Å²) in [6.45, 7) is 4.44. The minimum absolute atomic E-state index is 0.0502. The molecule has 1 aromatic rings. The van der Waals surface area contributed by atoms with Crippen molar-refractivity contribution >= 4 is 12.0 Å². The number of carbonyl (C=O) groups excluding carboxylic acids is 1. The molecule has 2 N–H and O–H groups in total. The zero-order valence-electron chi connectivity index (χ0n) is 16.0. The second-order valence-corrected chi connectivity index (χ2v) is 7.86. The van der Waals surface area contributed by atoms with Crippen molar-refractivity contribution in [2.45, 2.75) is 57.5 Å². The van der Waals surface area contributed by atoms with Crippen molar-refractivity contribution in [3.8, 4) is 0 Å². The Hall–Kier alpha value is -2.08. The Bertz CT molecular complexity index is 643. The second kappa shape index (κ2) is 8.74. The summed E-state index contributed by atoms with van der Waals surface area (Å²) in [7, 11) is 0. The van der Waals surface area contributed by atoms with E-state index in [4.69, 9.17) is 9.84 Å². The van der Waals surface area contributed by atoms with Crippen LogP contribution in [0.25, 0.3) is 0 Å². The lowest BCUT2D eigenvalue weighted by Crippen LogP contribution is -2.50. The third-order valence-corrected chi connectivity index (χ3v) is 6.31. The summed E-state index contributed by atoms with van der Waals surface area (Å²) < 4.78 is 5.51. The Kier molecular flexibility index (Phi) is 6.37. The smallest absolute Gasteiger partial charge is 0.317 e. The summed E-state index contributed by atoms with van der Waals surface area (Å²) in [4.78, 5) is 25.9. The number of carbonyl (C=O) groups is 2. The maximum atomic E-state index is 13.0. The number of carboxylic acid groups (broad SMARTS) is 1. The highest BCUT2D eigenvalue weighted by molar-refractivity contribution is 5.75. The highest BCUT2D eigenvalue weighted by Crippen LogP contribution is 2.44. The molecule has 2 unspecified atom stereocenters. The molecule has 3 rings (SSSR count). The van der Waals surface area contributed by atoms with Gasteiger partial charge in [-0.15, -0.1) is 0 Å². The first-order valence-electron chi connectivity index (χ1n) is 9.91. The summed E-state index contributed by atoms with van der Waals surface area (Å²) in [5.41, 5.74) is 1.27. The fourth-order valence-electron chi connectivity index (χ4n) is 4.48. The van der Waals surface area contributed by atoms with Gasteiger partial charge in [0.2, 0.25) is 0 Å². The molecule has 2 atom stereocenters. The maximum absolute atomic E-state index is 13.0. The van der Waals surface area contributed by atoms with Crippen LogP contribution >= 0.6 is 0 Å². The summed E-state index contributed by atoms with van der Waals surface area (Å²) in [6.07, 6.45) is 4.14. The molecule has 2 amide bonds. The molecule has 2 aliphatic rings. The molecule has 2 saturated heterocycles. The van der Waals surface area contributed by atoms with Gasteiger partial charge in [-0.25, -0.2) is 4.79 Å². The van der Waals surface area contributed by atoms with Crippen molar-refractivity contribution in [1.29, 1.82) is 0 Å². The Morgan fingerprint density at radius 3 is 2.63 bits per heavy atom. The highest BCUT2D eigenvalue weighted by Gasteiger charge is 2.47. The van der Waals surface area contributed by atoms with Gasteiger partial charge >= 0.3 is 12.0 Å². The highest BCUT2D eigenvalue weighted by atomic mass is 16.5. The van der Waals surface area contributed by atoms with Crippen LogP contribution in [-0.2, 0) is 16.0 Å². The number of aliphatic carboxylic acids is 1. The number of hydrogen-bond donors (Lipinski definition) is 2. The van der Waals surface area contributed by atoms with E-state index in [0.29, 0.717) is 12.8 Å². The van der Waals surface area contributed by atoms with E-state index in [1.54, 1.807) is 0 Å². The van der Waals surface area contributed by atoms with E-state index >= 15 is 0 Å². The van der Waals surface area contributed by atoms with Gasteiger partial charge in [-0.1, -0.05) is 30.3 Å². The van der Waals surface area contributed by atoms with Gasteiger partial charge in [0.15, 0.2) is 0 Å². The van der Waals surface area contributed by atoms with Gasteiger partial charge in [-0.3, -0.25) is 4.79 Å². The summed E-state index contributed by atoms with van der Waals surface area (Å²) in [6, 6.07) is 9.81. The number of likely N-dealkylation sites (tertiary alicyclic amines) is 1. The number of amides is 2. The van der Waals surface area contributed by atoms with Crippen molar-refractivity contribution in [3.63, 3.8) is 0 Å². The van der Waals surface area contributed by atoms with Crippen molar-refractivity contribution in [3.05, 3.63) is 35.9 Å². The zero-order chi connectivity index (χ0) is 19.3. The largest absolute Gasteiger partial charge is 0.481 e. The molecule has 0 bridgehead atoms. The molecule has 2 fully saturated rings. The van der Waals surface area contributed by atoms with Crippen LogP contribution < -0.4 is 5.32 Å². The summed E-state index contributed by atoms with van der Waals surface area (Å²) in [5, 5.41) is 12.2. The first-order chi connectivity index (χ1) is 13.0. The van der Waals surface area contributed by atoms with Gasteiger partial charge in [-0.05, 0) is 50.0 Å². The lowest BCUT2D eigenvalue weighted by Gasteiger charge is -2.39. The minimum Gasteiger partial charge on any atom is -0.481 e. The van der Waals surface area contributed by atoms with Crippen molar-refractivity contribution in [1.82, 2.24) is 10.2 Å². The number of nitrogens with one attached hydrogen (secondary N) is 1. The van der Waals surface area contributed by atoms with Crippen LogP contribution in [0.1, 0.15) is 44.6 Å². The Morgan fingerprint density at radius 1 is 1.26 bits per heavy atom. The molecular formula is C21H30N2O4. The molecule has 2 heterocycles. The monoisotopic (exact) mass is 374 g/mol. The predicted octanol–water partition coefficient (Wildman–Crippen LogP) is 3.06. The van der Waals surface area contributed by atoms with E-state index < -0.39 is 5.97 Å². The van der Waals surface area contributed by atoms with E-state index in [1.807, 2.05) is 35.2 Å². The SMILES string of the molecule is CC1N(C(=O)NC(CCC(=O)O)Cc2ccccc2)CCC12CCOCC2. The fraction of sp³-hybridized carbons (Fsp3) is 0.619. The number of rotatable bonds is 6. The number of ether oxygens (including phenoxy) is 1. The molecule has 1 aromatic carbocycles. The number of carboxylic acids is 1. The second-order valence-electron chi connectivity index (χ2n) is 7.86. The van der Waals surface area contributed by atoms with Crippen LogP contribution in [0.3, 0.4) is 0 Å². The lowest BCUT2D eigenvalue weighted by atomic mass is 9.74. The molecule has 1 spiro atoms. The van der Waals surface area contributed by atoms with Crippen LogP contribution in [0.4, 0.5) is 4.79 Å². The van der Waals surface area contributed by atoms with Crippen molar-refractivity contribution in [2.24, 2.45) is 5.41 Å². The average molecular weight is 374 g/mol. The zero-order valence-corrected chi connectivity index (χ0v) is 16.0. The Balaban J connectivity index is 1.63. The van der Waals surface area contributed by atoms with Crippen molar-refractivity contribution < 1.29 is 19.4 Å². The van der Waals surface area contributed by atoms with Gasteiger partial charge in [0.1, 0.15) is 0 Å². The number of benzene rings is 1. The molecule has 0 saturated carbocycles. The van der Waals surface area contributed by atoms with Crippen molar-refractivity contribution in [2.75, 3.05) is 19.8 Å².